The zero-order chi connectivity index (χ0) is 13.4. The minimum Gasteiger partial charge on any atom is -0.463 e. The van der Waals surface area contributed by atoms with Crippen LogP contribution in [0.15, 0.2) is 0 Å². The van der Waals surface area contributed by atoms with Gasteiger partial charge in [0, 0.05) is 6.42 Å². The van der Waals surface area contributed by atoms with Gasteiger partial charge in [0.2, 0.25) is 6.10 Å². The van der Waals surface area contributed by atoms with E-state index in [1.54, 1.807) is 6.92 Å². The molecule has 2 atom stereocenters. The fourth-order valence-electron chi connectivity index (χ4n) is 1.19. The molecule has 17 heavy (non-hydrogen) atoms. The molecule has 0 aliphatic rings. The van der Waals surface area contributed by atoms with Gasteiger partial charge in [-0.2, -0.15) is 0 Å². The Kier molecular flexibility index (Phi) is 7.18. The molecule has 5 nitrogen and oxygen atoms in total. The second-order valence-corrected chi connectivity index (χ2v) is 4.26. The van der Waals surface area contributed by atoms with Crippen LogP contribution in [0.4, 0.5) is 0 Å². The molecule has 0 spiro atoms. The average Bonchev–Trinajstić information content (AvgIpc) is 2.24. The van der Waals surface area contributed by atoms with Crippen molar-refractivity contribution < 1.29 is 23.9 Å². The molecular weight excluding hydrogens is 224 g/mol. The smallest absolute Gasteiger partial charge is 0.348 e. The van der Waals surface area contributed by atoms with Crippen molar-refractivity contribution in [2.75, 3.05) is 6.61 Å². The van der Waals surface area contributed by atoms with Gasteiger partial charge in [-0.05, 0) is 12.8 Å². The largest absolute Gasteiger partial charge is 0.463 e. The molecule has 98 valence electrons. The standard InChI is InChI=1S/C12H20O5/c1-5-16-12(15)11(9(4)7-13)17-10(14)6-8(2)3/h7-9,11H,5-6H2,1-4H3. The fourth-order valence-corrected chi connectivity index (χ4v) is 1.19. The SMILES string of the molecule is CCOC(=O)C(OC(=O)CC(C)C)C(C)C=O. The Balaban J connectivity index is 4.53. The Hall–Kier alpha value is -1.39. The van der Waals surface area contributed by atoms with E-state index in [2.05, 4.69) is 0 Å². The quantitative estimate of drug-likeness (QED) is 0.499. The molecule has 5 heteroatoms. The maximum Gasteiger partial charge on any atom is 0.348 e. The van der Waals surface area contributed by atoms with E-state index < -0.39 is 24.0 Å². The Labute approximate surface area is 101 Å². The number of rotatable bonds is 7. The lowest BCUT2D eigenvalue weighted by Gasteiger charge is -2.19. The van der Waals surface area contributed by atoms with Crippen molar-refractivity contribution in [3.05, 3.63) is 0 Å². The third kappa shape index (κ3) is 6.04. The second kappa shape index (κ2) is 7.81. The van der Waals surface area contributed by atoms with Crippen LogP contribution in [0.5, 0.6) is 0 Å². The molecule has 2 unspecified atom stereocenters. The van der Waals surface area contributed by atoms with Gasteiger partial charge in [-0.15, -0.1) is 0 Å². The van der Waals surface area contributed by atoms with Crippen LogP contribution >= 0.6 is 0 Å². The van der Waals surface area contributed by atoms with Gasteiger partial charge in [0.25, 0.3) is 0 Å². The van der Waals surface area contributed by atoms with Crippen molar-refractivity contribution in [3.63, 3.8) is 0 Å². The highest BCUT2D eigenvalue weighted by atomic mass is 16.6. The molecule has 0 amide bonds. The van der Waals surface area contributed by atoms with Gasteiger partial charge in [0.15, 0.2) is 0 Å². The zero-order valence-corrected chi connectivity index (χ0v) is 10.8. The minimum atomic E-state index is -1.14. The van der Waals surface area contributed by atoms with Crippen molar-refractivity contribution in [1.29, 1.82) is 0 Å². The van der Waals surface area contributed by atoms with Gasteiger partial charge < -0.3 is 14.3 Å². The maximum atomic E-state index is 11.5. The molecule has 0 bridgehead atoms. The van der Waals surface area contributed by atoms with Crippen molar-refractivity contribution in [3.8, 4) is 0 Å². The Morgan fingerprint density at radius 1 is 1.24 bits per heavy atom. The van der Waals surface area contributed by atoms with Crippen molar-refractivity contribution >= 4 is 18.2 Å². The summed E-state index contributed by atoms with van der Waals surface area (Å²) in [5.74, 6) is -1.74. The summed E-state index contributed by atoms with van der Waals surface area (Å²) >= 11 is 0. The average molecular weight is 244 g/mol. The molecule has 0 aliphatic carbocycles. The van der Waals surface area contributed by atoms with Gasteiger partial charge in [0.1, 0.15) is 6.29 Å². The summed E-state index contributed by atoms with van der Waals surface area (Å²) in [7, 11) is 0. The van der Waals surface area contributed by atoms with Crippen LogP contribution in [0.3, 0.4) is 0 Å². The van der Waals surface area contributed by atoms with Gasteiger partial charge in [0.05, 0.1) is 12.5 Å². The molecule has 0 aromatic carbocycles. The molecule has 0 heterocycles. The highest BCUT2D eigenvalue weighted by molar-refractivity contribution is 5.82. The van der Waals surface area contributed by atoms with E-state index in [1.807, 2.05) is 13.8 Å². The third-order valence-corrected chi connectivity index (χ3v) is 2.04. The van der Waals surface area contributed by atoms with Gasteiger partial charge in [-0.3, -0.25) is 4.79 Å². The normalized spacial score (nSPS) is 13.9. The number of hydrogen-bond acceptors (Lipinski definition) is 5. The summed E-state index contributed by atoms with van der Waals surface area (Å²) in [5, 5.41) is 0. The first-order valence-corrected chi connectivity index (χ1v) is 5.73. The molecule has 0 aromatic rings. The van der Waals surface area contributed by atoms with Gasteiger partial charge >= 0.3 is 11.9 Å². The summed E-state index contributed by atoms with van der Waals surface area (Å²) in [4.78, 5) is 33.6. The molecular formula is C12H20O5. The van der Waals surface area contributed by atoms with E-state index in [4.69, 9.17) is 9.47 Å². The molecule has 0 fully saturated rings. The number of carbonyl (C=O) groups excluding carboxylic acids is 3. The third-order valence-electron chi connectivity index (χ3n) is 2.04. The summed E-state index contributed by atoms with van der Waals surface area (Å²) in [6.07, 6.45) is -0.357. The molecule has 0 saturated carbocycles. The highest BCUT2D eigenvalue weighted by Gasteiger charge is 2.30. The molecule has 0 aliphatic heterocycles. The van der Waals surface area contributed by atoms with Crippen molar-refractivity contribution in [2.45, 2.75) is 40.2 Å². The van der Waals surface area contributed by atoms with Crippen LogP contribution in [0.1, 0.15) is 34.1 Å². The van der Waals surface area contributed by atoms with Crippen molar-refractivity contribution in [2.24, 2.45) is 11.8 Å². The van der Waals surface area contributed by atoms with E-state index in [0.29, 0.717) is 6.29 Å². The number of hydrogen-bond donors (Lipinski definition) is 0. The first kappa shape index (κ1) is 15.6. The number of esters is 2. The maximum absolute atomic E-state index is 11.5. The van der Waals surface area contributed by atoms with Gasteiger partial charge in [-0.1, -0.05) is 20.8 Å². The molecule has 0 N–H and O–H groups in total. The summed E-state index contributed by atoms with van der Waals surface area (Å²) < 4.78 is 9.74. The van der Waals surface area contributed by atoms with Crippen LogP contribution in [-0.2, 0) is 23.9 Å². The fraction of sp³-hybridized carbons (Fsp3) is 0.750. The van der Waals surface area contributed by atoms with E-state index in [0.717, 1.165) is 0 Å². The van der Waals surface area contributed by atoms with Crippen LogP contribution in [-0.4, -0.2) is 30.9 Å². The number of aldehydes is 1. The summed E-state index contributed by atoms with van der Waals surface area (Å²) in [5.41, 5.74) is 0. The molecule has 0 saturated heterocycles. The van der Waals surface area contributed by atoms with E-state index >= 15 is 0 Å². The lowest BCUT2D eigenvalue weighted by Crippen LogP contribution is -2.35. The first-order chi connectivity index (χ1) is 7.92. The topological polar surface area (TPSA) is 69.7 Å². The highest BCUT2D eigenvalue weighted by Crippen LogP contribution is 2.11. The predicted molar refractivity (Wildman–Crippen MR) is 61.2 cm³/mol. The minimum absolute atomic E-state index is 0.136. The van der Waals surface area contributed by atoms with Crippen LogP contribution in [0.2, 0.25) is 0 Å². The lowest BCUT2D eigenvalue weighted by atomic mass is 10.1. The van der Waals surface area contributed by atoms with Crippen LogP contribution in [0, 0.1) is 11.8 Å². The van der Waals surface area contributed by atoms with E-state index in [1.165, 1.54) is 6.92 Å². The van der Waals surface area contributed by atoms with Crippen LogP contribution < -0.4 is 0 Å². The van der Waals surface area contributed by atoms with E-state index in [-0.39, 0.29) is 18.9 Å². The van der Waals surface area contributed by atoms with Gasteiger partial charge in [-0.25, -0.2) is 4.79 Å². The Morgan fingerprint density at radius 2 is 1.82 bits per heavy atom. The lowest BCUT2D eigenvalue weighted by molar-refractivity contribution is -0.171. The zero-order valence-electron chi connectivity index (χ0n) is 10.8. The Morgan fingerprint density at radius 3 is 2.24 bits per heavy atom. The second-order valence-electron chi connectivity index (χ2n) is 4.26. The monoisotopic (exact) mass is 244 g/mol. The number of ether oxygens (including phenoxy) is 2. The number of carbonyl (C=O) groups is 3. The molecule has 0 aromatic heterocycles. The van der Waals surface area contributed by atoms with E-state index in [9.17, 15) is 14.4 Å². The molecule has 0 rings (SSSR count). The van der Waals surface area contributed by atoms with Crippen LogP contribution in [0.25, 0.3) is 0 Å². The summed E-state index contributed by atoms with van der Waals surface area (Å²) in [6, 6.07) is 0. The van der Waals surface area contributed by atoms with Crippen molar-refractivity contribution in [1.82, 2.24) is 0 Å². The Bertz CT molecular complexity index is 272. The molecule has 0 radical (unpaired) electrons. The predicted octanol–water partition coefficient (Wildman–Crippen LogP) is 1.34. The first-order valence-electron chi connectivity index (χ1n) is 5.73. The summed E-state index contributed by atoms with van der Waals surface area (Å²) in [6.45, 7) is 7.07.